The Morgan fingerprint density at radius 1 is 1.31 bits per heavy atom. The number of hydrogen-bond acceptors (Lipinski definition) is 6. The average molecular weight is 526 g/mol. The van der Waals surface area contributed by atoms with Crippen molar-refractivity contribution in [2.45, 2.75) is 83.6 Å². The van der Waals surface area contributed by atoms with Gasteiger partial charge in [-0.05, 0) is 84.4 Å². The molecule has 0 unspecified atom stereocenters. The Kier molecular flexibility index (Phi) is 7.52. The molecular formula is C26H37F2N3O4S. The van der Waals surface area contributed by atoms with Crippen LogP contribution >= 0.6 is 0 Å². The van der Waals surface area contributed by atoms with Crippen molar-refractivity contribution in [1.82, 2.24) is 15.1 Å². The molecule has 0 bridgehead atoms. The second-order valence-electron chi connectivity index (χ2n) is 11.2. The summed E-state index contributed by atoms with van der Waals surface area (Å²) in [6, 6.07) is 6.30. The molecule has 0 spiro atoms. The van der Waals surface area contributed by atoms with Crippen molar-refractivity contribution in [3.63, 3.8) is 0 Å². The van der Waals surface area contributed by atoms with Gasteiger partial charge in [0.25, 0.3) is 0 Å². The highest BCUT2D eigenvalue weighted by atomic mass is 32.2. The summed E-state index contributed by atoms with van der Waals surface area (Å²) in [6.45, 7) is 5.40. The number of halogens is 2. The number of hydrogen-bond donors (Lipinski definition) is 2. The Morgan fingerprint density at radius 2 is 2.00 bits per heavy atom. The summed E-state index contributed by atoms with van der Waals surface area (Å²) < 4.78 is 55.8. The van der Waals surface area contributed by atoms with Gasteiger partial charge in [-0.15, -0.1) is 0 Å². The molecule has 7 nitrogen and oxygen atoms in total. The lowest BCUT2D eigenvalue weighted by atomic mass is 9.84. The highest BCUT2D eigenvalue weighted by Gasteiger charge is 2.36. The number of aromatic nitrogens is 2. The molecule has 4 rings (SSSR count). The lowest BCUT2D eigenvalue weighted by Crippen LogP contribution is -2.50. The van der Waals surface area contributed by atoms with Crippen LogP contribution in [-0.2, 0) is 22.7 Å². The molecule has 0 saturated carbocycles. The minimum atomic E-state index is -2.93. The van der Waals surface area contributed by atoms with Gasteiger partial charge in [0.1, 0.15) is 15.6 Å². The van der Waals surface area contributed by atoms with E-state index in [1.165, 1.54) is 6.07 Å². The topological polar surface area (TPSA) is 93.5 Å². The first kappa shape index (κ1) is 27.0. The molecule has 36 heavy (non-hydrogen) atoms. The van der Waals surface area contributed by atoms with E-state index in [4.69, 9.17) is 5.10 Å². The molecule has 1 saturated heterocycles. The van der Waals surface area contributed by atoms with Gasteiger partial charge in [-0.1, -0.05) is 12.1 Å². The lowest BCUT2D eigenvalue weighted by molar-refractivity contribution is -0.0498. The van der Waals surface area contributed by atoms with E-state index in [1.807, 2.05) is 17.7 Å². The first-order chi connectivity index (χ1) is 16.8. The van der Waals surface area contributed by atoms with Crippen LogP contribution in [0.1, 0.15) is 64.3 Å². The van der Waals surface area contributed by atoms with Gasteiger partial charge in [0.15, 0.2) is 0 Å². The fourth-order valence-corrected chi connectivity index (χ4v) is 6.84. The molecule has 1 aromatic carbocycles. The number of alkyl halides is 2. The summed E-state index contributed by atoms with van der Waals surface area (Å²) in [5.74, 6) is 0.859. The quantitative estimate of drug-likeness (QED) is 0.538. The molecule has 0 radical (unpaired) electrons. The Labute approximate surface area is 212 Å². The number of fused-ring (bicyclic) bond motifs is 1. The van der Waals surface area contributed by atoms with E-state index < -0.39 is 22.0 Å². The Balaban J connectivity index is 1.59. The standard InChI is InChI=1S/C26H37F2N3O4S/c1-17(25(2,3)32)31-22-14-18(16-29-26(4)10-12-36(33,34)13-11-26)8-9-21(22)23(30-31)19-6-5-7-20(15-19)35-24(27)28/h5-7,15,17-18,24,29,32H,8-14,16H2,1-4H3/t17-,18-/m1/s1. The second kappa shape index (κ2) is 10.0. The normalized spacial score (nSPS) is 22.3. The third-order valence-electron chi connectivity index (χ3n) is 7.87. The maximum atomic E-state index is 12.8. The van der Waals surface area contributed by atoms with Gasteiger partial charge >= 0.3 is 6.61 Å². The van der Waals surface area contributed by atoms with Gasteiger partial charge in [-0.3, -0.25) is 4.68 Å². The zero-order valence-electron chi connectivity index (χ0n) is 21.4. The average Bonchev–Trinajstić information content (AvgIpc) is 3.17. The summed E-state index contributed by atoms with van der Waals surface area (Å²) >= 11 is 0. The number of rotatable bonds is 8. The summed E-state index contributed by atoms with van der Waals surface area (Å²) in [5.41, 5.74) is 2.36. The highest BCUT2D eigenvalue weighted by Crippen LogP contribution is 2.38. The van der Waals surface area contributed by atoms with Crippen LogP contribution in [0.2, 0.25) is 0 Å². The van der Waals surface area contributed by atoms with Crippen molar-refractivity contribution in [3.05, 3.63) is 35.5 Å². The van der Waals surface area contributed by atoms with Crippen LogP contribution in [0.15, 0.2) is 24.3 Å². The van der Waals surface area contributed by atoms with Crippen LogP contribution in [-0.4, -0.2) is 59.1 Å². The van der Waals surface area contributed by atoms with Crippen molar-refractivity contribution >= 4 is 9.84 Å². The van der Waals surface area contributed by atoms with E-state index in [2.05, 4.69) is 17.0 Å². The summed E-state index contributed by atoms with van der Waals surface area (Å²) in [5, 5.41) is 19.3. The molecule has 1 aromatic heterocycles. The van der Waals surface area contributed by atoms with Gasteiger partial charge in [0, 0.05) is 22.4 Å². The number of benzene rings is 1. The van der Waals surface area contributed by atoms with Crippen molar-refractivity contribution in [2.24, 2.45) is 5.92 Å². The van der Waals surface area contributed by atoms with Crippen LogP contribution in [0, 0.1) is 5.92 Å². The first-order valence-corrected chi connectivity index (χ1v) is 14.4. The van der Waals surface area contributed by atoms with E-state index in [0.29, 0.717) is 24.3 Å². The number of nitrogens with zero attached hydrogens (tertiary/aromatic N) is 2. The van der Waals surface area contributed by atoms with Gasteiger partial charge in [0.2, 0.25) is 0 Å². The van der Waals surface area contributed by atoms with Gasteiger partial charge in [-0.2, -0.15) is 13.9 Å². The SMILES string of the molecule is C[C@@H](n1nc(-c2cccc(OC(F)F)c2)c2c1C[C@H](CNC1(C)CCS(=O)(=O)CC1)CC2)C(C)(C)O. The minimum absolute atomic E-state index is 0.0852. The number of aliphatic hydroxyl groups is 1. The predicted molar refractivity (Wildman–Crippen MR) is 135 cm³/mol. The van der Waals surface area contributed by atoms with Crippen LogP contribution in [0.5, 0.6) is 5.75 Å². The van der Waals surface area contributed by atoms with Crippen molar-refractivity contribution < 1.29 is 27.0 Å². The Morgan fingerprint density at radius 3 is 2.64 bits per heavy atom. The smallest absolute Gasteiger partial charge is 0.387 e. The fourth-order valence-electron chi connectivity index (χ4n) is 5.11. The van der Waals surface area contributed by atoms with E-state index >= 15 is 0 Å². The van der Waals surface area contributed by atoms with Crippen molar-refractivity contribution in [2.75, 3.05) is 18.1 Å². The van der Waals surface area contributed by atoms with Crippen molar-refractivity contribution in [3.8, 4) is 17.0 Å². The molecule has 2 aliphatic rings. The number of nitrogens with one attached hydrogen (secondary N) is 1. The van der Waals surface area contributed by atoms with Gasteiger partial charge in [-0.25, -0.2) is 8.42 Å². The predicted octanol–water partition coefficient (Wildman–Crippen LogP) is 4.15. The Bertz CT molecular complexity index is 1180. The highest BCUT2D eigenvalue weighted by molar-refractivity contribution is 7.91. The maximum absolute atomic E-state index is 12.8. The molecule has 2 heterocycles. The number of ether oxygens (including phenoxy) is 1. The molecule has 1 aliphatic carbocycles. The van der Waals surface area contributed by atoms with Crippen LogP contribution in [0.3, 0.4) is 0 Å². The lowest BCUT2D eigenvalue weighted by Gasteiger charge is -2.37. The molecule has 1 aliphatic heterocycles. The fraction of sp³-hybridized carbons (Fsp3) is 0.654. The molecule has 10 heteroatoms. The number of sulfone groups is 1. The second-order valence-corrected chi connectivity index (χ2v) is 13.5. The van der Waals surface area contributed by atoms with E-state index in [0.717, 1.165) is 42.8 Å². The zero-order valence-corrected chi connectivity index (χ0v) is 22.2. The zero-order chi connectivity index (χ0) is 26.3. The van der Waals surface area contributed by atoms with Gasteiger partial charge in [0.05, 0.1) is 28.8 Å². The molecule has 0 amide bonds. The van der Waals surface area contributed by atoms with Gasteiger partial charge < -0.3 is 15.2 Å². The third kappa shape index (κ3) is 6.08. The largest absolute Gasteiger partial charge is 0.435 e. The van der Waals surface area contributed by atoms with Crippen molar-refractivity contribution in [1.29, 1.82) is 0 Å². The summed E-state index contributed by atoms with van der Waals surface area (Å²) in [7, 11) is -2.93. The van der Waals surface area contributed by atoms with E-state index in [-0.39, 0.29) is 28.8 Å². The van der Waals surface area contributed by atoms with Crippen LogP contribution < -0.4 is 10.1 Å². The summed E-state index contributed by atoms with van der Waals surface area (Å²) in [4.78, 5) is 0. The monoisotopic (exact) mass is 525 g/mol. The maximum Gasteiger partial charge on any atom is 0.387 e. The minimum Gasteiger partial charge on any atom is -0.435 e. The molecular weight excluding hydrogens is 488 g/mol. The van der Waals surface area contributed by atoms with Crippen LogP contribution in [0.4, 0.5) is 8.78 Å². The summed E-state index contributed by atoms with van der Waals surface area (Å²) in [6.07, 6.45) is 3.69. The molecule has 2 atom stereocenters. The van der Waals surface area contributed by atoms with E-state index in [1.54, 1.807) is 26.0 Å². The first-order valence-electron chi connectivity index (χ1n) is 12.6. The van der Waals surface area contributed by atoms with Crippen LogP contribution in [0.25, 0.3) is 11.3 Å². The van der Waals surface area contributed by atoms with E-state index in [9.17, 15) is 22.3 Å². The third-order valence-corrected chi connectivity index (χ3v) is 9.52. The molecule has 2 aromatic rings. The Hall–Kier alpha value is -2.04. The molecule has 200 valence electrons. The molecule has 2 N–H and O–H groups in total. The molecule has 1 fully saturated rings.